The van der Waals surface area contributed by atoms with Gasteiger partial charge >= 0.3 is 0 Å². The highest BCUT2D eigenvalue weighted by molar-refractivity contribution is 6.35. The molecule has 0 aliphatic heterocycles. The van der Waals surface area contributed by atoms with Crippen LogP contribution >= 0.6 is 34.8 Å². The minimum atomic E-state index is -0.596. The second-order valence-corrected chi connectivity index (χ2v) is 5.26. The molecule has 0 amide bonds. The van der Waals surface area contributed by atoms with Crippen molar-refractivity contribution in [1.82, 2.24) is 0 Å². The zero-order valence-electron chi connectivity index (χ0n) is 9.96. The molecule has 0 heterocycles. The zero-order chi connectivity index (χ0) is 14.0. The van der Waals surface area contributed by atoms with Crippen molar-refractivity contribution in [3.8, 4) is 5.75 Å². The fraction of sp³-hybridized carbons (Fsp3) is 0.143. The van der Waals surface area contributed by atoms with Gasteiger partial charge in [0.2, 0.25) is 0 Å². The smallest absolute Gasteiger partial charge is 0.124 e. The van der Waals surface area contributed by atoms with Gasteiger partial charge in [0.1, 0.15) is 11.6 Å². The highest BCUT2D eigenvalue weighted by atomic mass is 35.5. The van der Waals surface area contributed by atoms with Crippen LogP contribution in [0, 0.1) is 5.82 Å². The van der Waals surface area contributed by atoms with Crippen molar-refractivity contribution < 1.29 is 9.13 Å². The number of methoxy groups -OCH3 is 1. The molecule has 0 aromatic heterocycles. The Morgan fingerprint density at radius 2 is 1.68 bits per heavy atom. The Morgan fingerprint density at radius 3 is 2.26 bits per heavy atom. The third-order valence-corrected chi connectivity index (χ3v) is 3.57. The largest absolute Gasteiger partial charge is 0.496 e. The maximum absolute atomic E-state index is 13.4. The maximum atomic E-state index is 13.4. The van der Waals surface area contributed by atoms with E-state index in [1.165, 1.54) is 25.3 Å². The van der Waals surface area contributed by atoms with Gasteiger partial charge in [-0.1, -0.05) is 23.2 Å². The molecule has 1 unspecified atom stereocenters. The first kappa shape index (κ1) is 14.4. The summed E-state index contributed by atoms with van der Waals surface area (Å²) in [6, 6.07) is 9.18. The molecule has 0 bridgehead atoms. The molecular formula is C14H10Cl3FO. The molecule has 0 fully saturated rings. The van der Waals surface area contributed by atoms with Crippen LogP contribution in [0.4, 0.5) is 4.39 Å². The molecule has 1 nitrogen and oxygen atoms in total. The van der Waals surface area contributed by atoms with Gasteiger partial charge in [-0.2, -0.15) is 0 Å². The highest BCUT2D eigenvalue weighted by Gasteiger charge is 2.17. The number of rotatable bonds is 3. The van der Waals surface area contributed by atoms with Crippen LogP contribution in [0.1, 0.15) is 16.5 Å². The van der Waals surface area contributed by atoms with Crippen molar-refractivity contribution in [3.63, 3.8) is 0 Å². The number of halogens is 4. The lowest BCUT2D eigenvalue weighted by Gasteiger charge is -2.15. The Kier molecular flexibility index (Phi) is 4.56. The summed E-state index contributed by atoms with van der Waals surface area (Å²) in [5, 5.41) is 0.355. The first-order chi connectivity index (χ1) is 9.01. The number of ether oxygens (including phenoxy) is 1. The standard InChI is InChI=1S/C14H10Cl3FO/c1-19-13-3-2-11(18)7-12(13)14(17)8-4-9(15)6-10(16)5-8/h2-7,14H,1H3. The highest BCUT2D eigenvalue weighted by Crippen LogP contribution is 2.37. The van der Waals surface area contributed by atoms with E-state index in [0.29, 0.717) is 26.9 Å². The van der Waals surface area contributed by atoms with Crippen LogP contribution in [0.15, 0.2) is 36.4 Å². The summed E-state index contributed by atoms with van der Waals surface area (Å²) >= 11 is 18.2. The Balaban J connectivity index is 2.48. The lowest BCUT2D eigenvalue weighted by Crippen LogP contribution is -1.98. The third kappa shape index (κ3) is 3.33. The summed E-state index contributed by atoms with van der Waals surface area (Å²) < 4.78 is 18.5. The van der Waals surface area contributed by atoms with Gasteiger partial charge in [-0.25, -0.2) is 4.39 Å². The van der Waals surface area contributed by atoms with Crippen LogP contribution in [0.3, 0.4) is 0 Å². The van der Waals surface area contributed by atoms with Crippen molar-refractivity contribution in [2.45, 2.75) is 5.38 Å². The first-order valence-corrected chi connectivity index (χ1v) is 6.64. The minimum absolute atomic E-state index is 0.380. The van der Waals surface area contributed by atoms with Gasteiger partial charge in [0.15, 0.2) is 0 Å². The summed E-state index contributed by atoms with van der Waals surface area (Å²) in [4.78, 5) is 0. The fourth-order valence-electron chi connectivity index (χ4n) is 1.80. The predicted octanol–water partition coefficient (Wildman–Crippen LogP) is 5.47. The van der Waals surface area contributed by atoms with Gasteiger partial charge in [-0.05, 0) is 42.0 Å². The van der Waals surface area contributed by atoms with Crippen LogP contribution in [-0.2, 0) is 0 Å². The van der Waals surface area contributed by atoms with Crippen molar-refractivity contribution >= 4 is 34.8 Å². The van der Waals surface area contributed by atoms with Gasteiger partial charge in [-0.15, -0.1) is 11.6 Å². The van der Waals surface area contributed by atoms with Crippen molar-refractivity contribution in [3.05, 3.63) is 63.4 Å². The Labute approximate surface area is 125 Å². The molecule has 2 rings (SSSR count). The third-order valence-electron chi connectivity index (χ3n) is 2.64. The number of alkyl halides is 1. The second kappa shape index (κ2) is 6.00. The quantitative estimate of drug-likeness (QED) is 0.682. The average molecular weight is 320 g/mol. The molecule has 0 saturated carbocycles. The van der Waals surface area contributed by atoms with Crippen molar-refractivity contribution in [2.24, 2.45) is 0 Å². The van der Waals surface area contributed by atoms with Crippen molar-refractivity contribution in [2.75, 3.05) is 7.11 Å². The van der Waals surface area contributed by atoms with E-state index in [1.54, 1.807) is 18.2 Å². The van der Waals surface area contributed by atoms with Crippen LogP contribution in [0.25, 0.3) is 0 Å². The summed E-state index contributed by atoms with van der Waals surface area (Å²) in [6.07, 6.45) is 0. The van der Waals surface area contributed by atoms with E-state index in [2.05, 4.69) is 0 Å². The zero-order valence-corrected chi connectivity index (χ0v) is 12.2. The van der Waals surface area contributed by atoms with E-state index in [0.717, 1.165) is 0 Å². The summed E-state index contributed by atoms with van der Waals surface area (Å²) in [7, 11) is 1.51. The molecule has 2 aromatic carbocycles. The van der Waals surface area contributed by atoms with Gasteiger partial charge in [0.25, 0.3) is 0 Å². The summed E-state index contributed by atoms with van der Waals surface area (Å²) in [6.45, 7) is 0. The minimum Gasteiger partial charge on any atom is -0.496 e. The Bertz CT molecular complexity index is 581. The lowest BCUT2D eigenvalue weighted by atomic mass is 10.0. The lowest BCUT2D eigenvalue weighted by molar-refractivity contribution is 0.409. The van der Waals surface area contributed by atoms with E-state index in [9.17, 15) is 4.39 Å². The number of hydrogen-bond donors (Lipinski definition) is 0. The number of benzene rings is 2. The predicted molar refractivity (Wildman–Crippen MR) is 77.1 cm³/mol. The van der Waals surface area contributed by atoms with Crippen LogP contribution in [0.2, 0.25) is 10.0 Å². The van der Waals surface area contributed by atoms with Crippen LogP contribution in [-0.4, -0.2) is 7.11 Å². The molecular weight excluding hydrogens is 310 g/mol. The van der Waals surface area contributed by atoms with Crippen LogP contribution < -0.4 is 4.74 Å². The van der Waals surface area contributed by atoms with E-state index in [4.69, 9.17) is 39.5 Å². The van der Waals surface area contributed by atoms with Gasteiger partial charge < -0.3 is 4.74 Å². The van der Waals surface area contributed by atoms with Crippen LogP contribution in [0.5, 0.6) is 5.75 Å². The molecule has 19 heavy (non-hydrogen) atoms. The topological polar surface area (TPSA) is 9.23 Å². The van der Waals surface area contributed by atoms with Gasteiger partial charge in [0, 0.05) is 15.6 Å². The molecule has 0 spiro atoms. The molecule has 0 N–H and O–H groups in total. The molecule has 0 aliphatic rings. The van der Waals surface area contributed by atoms with E-state index >= 15 is 0 Å². The molecule has 0 saturated heterocycles. The average Bonchev–Trinajstić information content (AvgIpc) is 2.36. The SMILES string of the molecule is COc1ccc(F)cc1C(Cl)c1cc(Cl)cc(Cl)c1. The van der Waals surface area contributed by atoms with E-state index in [-0.39, 0.29) is 5.82 Å². The summed E-state index contributed by atoms with van der Waals surface area (Å²) in [5.41, 5.74) is 1.21. The van der Waals surface area contributed by atoms with Crippen molar-refractivity contribution in [1.29, 1.82) is 0 Å². The molecule has 100 valence electrons. The summed E-state index contributed by atoms with van der Waals surface area (Å²) in [5.74, 6) is 0.132. The molecule has 0 radical (unpaired) electrons. The Morgan fingerprint density at radius 1 is 1.05 bits per heavy atom. The first-order valence-electron chi connectivity index (χ1n) is 5.44. The fourth-order valence-corrected chi connectivity index (χ4v) is 2.64. The van der Waals surface area contributed by atoms with E-state index in [1.807, 2.05) is 0 Å². The van der Waals surface area contributed by atoms with Gasteiger partial charge in [-0.3, -0.25) is 0 Å². The van der Waals surface area contributed by atoms with E-state index < -0.39 is 5.38 Å². The Hall–Kier alpha value is -0.960. The molecule has 0 aliphatic carbocycles. The molecule has 1 atom stereocenters. The second-order valence-electron chi connectivity index (χ2n) is 3.95. The number of hydrogen-bond acceptors (Lipinski definition) is 1. The monoisotopic (exact) mass is 318 g/mol. The maximum Gasteiger partial charge on any atom is 0.124 e. The normalized spacial score (nSPS) is 12.3. The molecule has 2 aromatic rings. The van der Waals surface area contributed by atoms with Gasteiger partial charge in [0.05, 0.1) is 12.5 Å². The molecule has 5 heteroatoms.